The number of benzene rings is 1. The Morgan fingerprint density at radius 2 is 2.06 bits per heavy atom. The fourth-order valence-electron chi connectivity index (χ4n) is 2.26. The maximum Gasteiger partial charge on any atom is 0.159 e. The van der Waals surface area contributed by atoms with Gasteiger partial charge in [-0.3, -0.25) is 4.79 Å². The van der Waals surface area contributed by atoms with Gasteiger partial charge in [-0.2, -0.15) is 0 Å². The van der Waals surface area contributed by atoms with E-state index in [0.717, 1.165) is 43.5 Å². The number of Topliss-reactive ketones (excluding diaryl/α,β-unsaturated/α-hetero) is 1. The highest BCUT2D eigenvalue weighted by Gasteiger charge is 2.19. The van der Waals surface area contributed by atoms with Crippen LogP contribution in [-0.2, 0) is 4.79 Å². The van der Waals surface area contributed by atoms with Crippen molar-refractivity contribution in [1.29, 1.82) is 0 Å². The smallest absolute Gasteiger partial charge is 0.159 e. The van der Waals surface area contributed by atoms with Crippen LogP contribution in [-0.4, -0.2) is 25.2 Å². The van der Waals surface area contributed by atoms with Crippen molar-refractivity contribution in [1.82, 2.24) is 0 Å². The first-order valence-corrected chi connectivity index (χ1v) is 6.02. The molecule has 2 rings (SSSR count). The first kappa shape index (κ1) is 11.8. The standard InChI is InChI=1S/C14H17NO2/c1-11(17)13-4-6-14(7-5-13)15-8-2-3-12(9-15)10-16/h4-7,10,12H,2-3,8-9H2,1H3. The van der Waals surface area contributed by atoms with Crippen LogP contribution in [0.25, 0.3) is 0 Å². The summed E-state index contributed by atoms with van der Waals surface area (Å²) >= 11 is 0. The van der Waals surface area contributed by atoms with Crippen molar-refractivity contribution in [2.75, 3.05) is 18.0 Å². The summed E-state index contributed by atoms with van der Waals surface area (Å²) in [6, 6.07) is 7.62. The maximum atomic E-state index is 11.2. The van der Waals surface area contributed by atoms with E-state index in [9.17, 15) is 9.59 Å². The summed E-state index contributed by atoms with van der Waals surface area (Å²) < 4.78 is 0. The fraction of sp³-hybridized carbons (Fsp3) is 0.429. The number of carbonyl (C=O) groups is 2. The van der Waals surface area contributed by atoms with Crippen LogP contribution >= 0.6 is 0 Å². The Kier molecular flexibility index (Phi) is 3.57. The number of anilines is 1. The first-order chi connectivity index (χ1) is 8.20. The SMILES string of the molecule is CC(=O)c1ccc(N2CCCC(C=O)C2)cc1. The average Bonchev–Trinajstić information content (AvgIpc) is 2.39. The molecule has 0 saturated carbocycles. The normalized spacial score (nSPS) is 20.1. The molecule has 3 heteroatoms. The third kappa shape index (κ3) is 2.73. The molecule has 1 aliphatic rings. The molecular formula is C14H17NO2. The zero-order valence-corrected chi connectivity index (χ0v) is 10.1. The van der Waals surface area contributed by atoms with Crippen molar-refractivity contribution >= 4 is 17.8 Å². The van der Waals surface area contributed by atoms with Crippen molar-refractivity contribution in [2.24, 2.45) is 5.92 Å². The molecule has 1 fully saturated rings. The second-order valence-electron chi connectivity index (χ2n) is 4.59. The molecule has 17 heavy (non-hydrogen) atoms. The summed E-state index contributed by atoms with van der Waals surface area (Å²) in [6.07, 6.45) is 3.10. The minimum Gasteiger partial charge on any atom is -0.371 e. The van der Waals surface area contributed by atoms with Crippen LogP contribution in [0.15, 0.2) is 24.3 Å². The van der Waals surface area contributed by atoms with Crippen LogP contribution < -0.4 is 4.90 Å². The highest BCUT2D eigenvalue weighted by Crippen LogP contribution is 2.22. The molecule has 1 aromatic rings. The summed E-state index contributed by atoms with van der Waals surface area (Å²) in [5, 5.41) is 0. The summed E-state index contributed by atoms with van der Waals surface area (Å²) in [5.41, 5.74) is 1.83. The van der Waals surface area contributed by atoms with Crippen molar-refractivity contribution in [3.8, 4) is 0 Å². The van der Waals surface area contributed by atoms with E-state index in [4.69, 9.17) is 0 Å². The number of carbonyl (C=O) groups excluding carboxylic acids is 2. The fourth-order valence-corrected chi connectivity index (χ4v) is 2.26. The van der Waals surface area contributed by atoms with E-state index >= 15 is 0 Å². The van der Waals surface area contributed by atoms with Gasteiger partial charge in [-0.1, -0.05) is 0 Å². The molecule has 1 unspecified atom stereocenters. The van der Waals surface area contributed by atoms with Crippen LogP contribution in [0.5, 0.6) is 0 Å². The van der Waals surface area contributed by atoms with Gasteiger partial charge in [0.15, 0.2) is 5.78 Å². The van der Waals surface area contributed by atoms with Gasteiger partial charge in [-0.05, 0) is 44.0 Å². The van der Waals surface area contributed by atoms with Gasteiger partial charge in [0.2, 0.25) is 0 Å². The number of aldehydes is 1. The summed E-state index contributed by atoms with van der Waals surface area (Å²) in [4.78, 5) is 24.2. The number of hydrogen-bond acceptors (Lipinski definition) is 3. The molecule has 0 spiro atoms. The zero-order chi connectivity index (χ0) is 12.3. The second kappa shape index (κ2) is 5.13. The van der Waals surface area contributed by atoms with Gasteiger partial charge in [0, 0.05) is 30.3 Å². The summed E-state index contributed by atoms with van der Waals surface area (Å²) in [6.45, 7) is 3.35. The van der Waals surface area contributed by atoms with Gasteiger partial charge in [0.1, 0.15) is 6.29 Å². The lowest BCUT2D eigenvalue weighted by Gasteiger charge is -2.32. The van der Waals surface area contributed by atoms with Crippen molar-refractivity contribution < 1.29 is 9.59 Å². The molecular weight excluding hydrogens is 214 g/mol. The predicted molar refractivity (Wildman–Crippen MR) is 67.4 cm³/mol. The minimum atomic E-state index is 0.0842. The molecule has 1 aliphatic heterocycles. The topological polar surface area (TPSA) is 37.4 Å². The highest BCUT2D eigenvalue weighted by atomic mass is 16.1. The van der Waals surface area contributed by atoms with Crippen LogP contribution in [0.2, 0.25) is 0 Å². The summed E-state index contributed by atoms with van der Waals surface area (Å²) in [7, 11) is 0. The van der Waals surface area contributed by atoms with Gasteiger partial charge >= 0.3 is 0 Å². The molecule has 3 nitrogen and oxygen atoms in total. The van der Waals surface area contributed by atoms with E-state index < -0.39 is 0 Å². The van der Waals surface area contributed by atoms with Gasteiger partial charge in [-0.15, -0.1) is 0 Å². The molecule has 0 aliphatic carbocycles. The molecule has 0 radical (unpaired) electrons. The number of rotatable bonds is 3. The van der Waals surface area contributed by atoms with Crippen molar-refractivity contribution in [3.05, 3.63) is 29.8 Å². The molecule has 0 amide bonds. The maximum absolute atomic E-state index is 11.2. The van der Waals surface area contributed by atoms with Gasteiger partial charge in [0.25, 0.3) is 0 Å². The molecule has 0 aromatic heterocycles. The Hall–Kier alpha value is -1.64. The van der Waals surface area contributed by atoms with Crippen molar-refractivity contribution in [3.63, 3.8) is 0 Å². The number of nitrogens with zero attached hydrogens (tertiary/aromatic N) is 1. The highest BCUT2D eigenvalue weighted by molar-refractivity contribution is 5.94. The predicted octanol–water partition coefficient (Wildman–Crippen LogP) is 2.30. The van der Waals surface area contributed by atoms with E-state index in [1.54, 1.807) is 6.92 Å². The van der Waals surface area contributed by atoms with Gasteiger partial charge < -0.3 is 9.69 Å². The molecule has 1 atom stereocenters. The molecule has 1 saturated heterocycles. The van der Waals surface area contributed by atoms with Gasteiger partial charge in [-0.25, -0.2) is 0 Å². The Balaban J connectivity index is 2.11. The molecule has 90 valence electrons. The van der Waals surface area contributed by atoms with E-state index in [1.165, 1.54) is 0 Å². The molecule has 1 aromatic carbocycles. The first-order valence-electron chi connectivity index (χ1n) is 6.02. The van der Waals surface area contributed by atoms with Crippen molar-refractivity contribution in [2.45, 2.75) is 19.8 Å². The van der Waals surface area contributed by atoms with Crippen LogP contribution in [0, 0.1) is 5.92 Å². The third-order valence-electron chi connectivity index (χ3n) is 3.29. The lowest BCUT2D eigenvalue weighted by atomic mass is 9.99. The number of ketones is 1. The number of piperidine rings is 1. The lowest BCUT2D eigenvalue weighted by molar-refractivity contribution is -0.111. The van der Waals surface area contributed by atoms with Crippen LogP contribution in [0.4, 0.5) is 5.69 Å². The Morgan fingerprint density at radius 1 is 1.35 bits per heavy atom. The Labute approximate surface area is 101 Å². The molecule has 0 N–H and O–H groups in total. The zero-order valence-electron chi connectivity index (χ0n) is 10.1. The minimum absolute atomic E-state index is 0.0842. The Morgan fingerprint density at radius 3 is 2.65 bits per heavy atom. The van der Waals surface area contributed by atoms with E-state index in [0.29, 0.717) is 0 Å². The molecule has 0 bridgehead atoms. The van der Waals surface area contributed by atoms with E-state index in [-0.39, 0.29) is 11.7 Å². The molecule has 1 heterocycles. The average molecular weight is 231 g/mol. The monoisotopic (exact) mass is 231 g/mol. The third-order valence-corrected chi connectivity index (χ3v) is 3.29. The Bertz CT molecular complexity index is 411. The van der Waals surface area contributed by atoms with E-state index in [2.05, 4.69) is 4.90 Å². The summed E-state index contributed by atoms with van der Waals surface area (Å²) in [5.74, 6) is 0.234. The quantitative estimate of drug-likeness (QED) is 0.591. The number of hydrogen-bond donors (Lipinski definition) is 0. The largest absolute Gasteiger partial charge is 0.371 e. The van der Waals surface area contributed by atoms with Crippen LogP contribution in [0.3, 0.4) is 0 Å². The lowest BCUT2D eigenvalue weighted by Crippen LogP contribution is -2.35. The second-order valence-corrected chi connectivity index (χ2v) is 4.59. The van der Waals surface area contributed by atoms with Gasteiger partial charge in [0.05, 0.1) is 0 Å². The van der Waals surface area contributed by atoms with Crippen LogP contribution in [0.1, 0.15) is 30.1 Å². The van der Waals surface area contributed by atoms with E-state index in [1.807, 2.05) is 24.3 Å².